The van der Waals surface area contributed by atoms with Gasteiger partial charge in [-0.1, -0.05) is 12.1 Å². The summed E-state index contributed by atoms with van der Waals surface area (Å²) in [7, 11) is 0. The molecule has 7 heteroatoms. The number of pyridine rings is 1. The molecule has 0 aliphatic carbocycles. The number of aromatic nitrogens is 1. The van der Waals surface area contributed by atoms with E-state index in [0.29, 0.717) is 18.3 Å². The zero-order valence-electron chi connectivity index (χ0n) is 17.1. The molecule has 1 aliphatic heterocycles. The van der Waals surface area contributed by atoms with Crippen molar-refractivity contribution in [2.24, 2.45) is 4.99 Å². The second-order valence-corrected chi connectivity index (χ2v) is 7.20. The van der Waals surface area contributed by atoms with Crippen molar-refractivity contribution in [3.8, 4) is 5.75 Å². The van der Waals surface area contributed by atoms with E-state index < -0.39 is 0 Å². The Morgan fingerprint density at radius 1 is 1.28 bits per heavy atom. The number of benzene rings is 1. The highest BCUT2D eigenvalue weighted by Crippen LogP contribution is 2.17. The van der Waals surface area contributed by atoms with Crippen molar-refractivity contribution in [1.29, 1.82) is 0 Å². The lowest BCUT2D eigenvalue weighted by atomic mass is 10.1. The number of nitrogens with zero attached hydrogens (tertiary/aromatic N) is 3. The third-order valence-corrected chi connectivity index (χ3v) is 4.79. The molecule has 2 heterocycles. The first-order chi connectivity index (χ1) is 14.1. The van der Waals surface area contributed by atoms with Crippen molar-refractivity contribution in [3.63, 3.8) is 0 Å². The second-order valence-electron chi connectivity index (χ2n) is 7.20. The molecule has 0 radical (unpaired) electrons. The average Bonchev–Trinajstić information content (AvgIpc) is 2.73. The summed E-state index contributed by atoms with van der Waals surface area (Å²) in [5.74, 6) is 2.05. The SMILES string of the molecule is CCNC(=NCC(C)Oc1cccc(F)c1)NC1CCN(c2ccccn2)CC1. The number of nitrogens with one attached hydrogen (secondary N) is 2. The van der Waals surface area contributed by atoms with Crippen LogP contribution >= 0.6 is 0 Å². The van der Waals surface area contributed by atoms with Crippen molar-refractivity contribution < 1.29 is 9.13 Å². The quantitative estimate of drug-likeness (QED) is 0.553. The molecule has 29 heavy (non-hydrogen) atoms. The number of hydrogen-bond donors (Lipinski definition) is 2. The smallest absolute Gasteiger partial charge is 0.191 e. The van der Waals surface area contributed by atoms with Crippen LogP contribution in [0, 0.1) is 5.82 Å². The zero-order chi connectivity index (χ0) is 20.5. The van der Waals surface area contributed by atoms with E-state index in [2.05, 4.69) is 31.6 Å². The predicted molar refractivity (Wildman–Crippen MR) is 115 cm³/mol. The molecule has 1 saturated heterocycles. The Labute approximate surface area is 172 Å². The summed E-state index contributed by atoms with van der Waals surface area (Å²) >= 11 is 0. The third kappa shape index (κ3) is 6.62. The molecule has 0 bridgehead atoms. The number of anilines is 1. The maximum atomic E-state index is 13.3. The number of aliphatic imine (C=N–C) groups is 1. The lowest BCUT2D eigenvalue weighted by Crippen LogP contribution is -2.49. The van der Waals surface area contributed by atoms with E-state index in [1.807, 2.05) is 32.2 Å². The molecule has 1 fully saturated rings. The summed E-state index contributed by atoms with van der Waals surface area (Å²) in [6.45, 7) is 7.19. The first kappa shape index (κ1) is 20.9. The Balaban J connectivity index is 1.49. The largest absolute Gasteiger partial charge is 0.489 e. The first-order valence-corrected chi connectivity index (χ1v) is 10.3. The van der Waals surface area contributed by atoms with Crippen LogP contribution in [0.3, 0.4) is 0 Å². The van der Waals surface area contributed by atoms with E-state index in [1.165, 1.54) is 12.1 Å². The van der Waals surface area contributed by atoms with Gasteiger partial charge in [-0.15, -0.1) is 0 Å². The van der Waals surface area contributed by atoms with Gasteiger partial charge in [0.25, 0.3) is 0 Å². The van der Waals surface area contributed by atoms with E-state index in [0.717, 1.165) is 44.3 Å². The molecule has 1 atom stereocenters. The number of guanidine groups is 1. The van der Waals surface area contributed by atoms with Crippen LogP contribution in [0.2, 0.25) is 0 Å². The Morgan fingerprint density at radius 3 is 2.79 bits per heavy atom. The monoisotopic (exact) mass is 399 g/mol. The predicted octanol–water partition coefficient (Wildman–Crippen LogP) is 3.21. The minimum absolute atomic E-state index is 0.154. The Hall–Kier alpha value is -2.83. The molecule has 2 N–H and O–H groups in total. The fourth-order valence-corrected chi connectivity index (χ4v) is 3.34. The maximum Gasteiger partial charge on any atom is 0.191 e. The highest BCUT2D eigenvalue weighted by atomic mass is 19.1. The van der Waals surface area contributed by atoms with Gasteiger partial charge >= 0.3 is 0 Å². The van der Waals surface area contributed by atoms with Gasteiger partial charge in [-0.2, -0.15) is 0 Å². The van der Waals surface area contributed by atoms with Crippen molar-refractivity contribution in [1.82, 2.24) is 15.6 Å². The molecular weight excluding hydrogens is 369 g/mol. The highest BCUT2D eigenvalue weighted by molar-refractivity contribution is 5.80. The van der Waals surface area contributed by atoms with Gasteiger partial charge < -0.3 is 20.3 Å². The van der Waals surface area contributed by atoms with Crippen LogP contribution in [-0.2, 0) is 0 Å². The highest BCUT2D eigenvalue weighted by Gasteiger charge is 2.20. The summed E-state index contributed by atoms with van der Waals surface area (Å²) in [4.78, 5) is 11.4. The molecule has 2 aromatic rings. The zero-order valence-corrected chi connectivity index (χ0v) is 17.1. The van der Waals surface area contributed by atoms with Crippen LogP contribution in [0.1, 0.15) is 26.7 Å². The summed E-state index contributed by atoms with van der Waals surface area (Å²) in [6, 6.07) is 12.6. The maximum absolute atomic E-state index is 13.3. The molecule has 1 unspecified atom stereocenters. The summed E-state index contributed by atoms with van der Waals surface area (Å²) < 4.78 is 19.1. The molecule has 1 aromatic heterocycles. The second kappa shape index (κ2) is 10.6. The summed E-state index contributed by atoms with van der Waals surface area (Å²) in [5, 5.41) is 6.83. The molecule has 3 rings (SSSR count). The Morgan fingerprint density at radius 2 is 2.10 bits per heavy atom. The van der Waals surface area contributed by atoms with Crippen molar-refractivity contribution in [2.75, 3.05) is 31.1 Å². The number of hydrogen-bond acceptors (Lipinski definition) is 4. The first-order valence-electron chi connectivity index (χ1n) is 10.3. The fourth-order valence-electron chi connectivity index (χ4n) is 3.34. The molecular formula is C22H30FN5O. The Bertz CT molecular complexity index is 778. The minimum Gasteiger partial charge on any atom is -0.489 e. The van der Waals surface area contributed by atoms with Gasteiger partial charge in [0.15, 0.2) is 5.96 Å². The number of piperidine rings is 1. The van der Waals surface area contributed by atoms with E-state index in [9.17, 15) is 4.39 Å². The molecule has 6 nitrogen and oxygen atoms in total. The van der Waals surface area contributed by atoms with Gasteiger partial charge in [-0.25, -0.2) is 14.4 Å². The number of rotatable bonds is 7. The standard InChI is InChI=1S/C22H30FN5O/c1-3-24-22(26-16-17(2)29-20-8-6-7-18(23)15-20)27-19-10-13-28(14-11-19)21-9-4-5-12-25-21/h4-9,12,15,17,19H,3,10-11,13-14,16H2,1-2H3,(H2,24,26,27). The molecule has 0 saturated carbocycles. The minimum atomic E-state index is -0.301. The van der Waals surface area contributed by atoms with Gasteiger partial charge in [0, 0.05) is 37.9 Å². The average molecular weight is 400 g/mol. The van der Waals surface area contributed by atoms with E-state index in [1.54, 1.807) is 12.1 Å². The molecule has 0 spiro atoms. The van der Waals surface area contributed by atoms with Gasteiger partial charge in [0.2, 0.25) is 0 Å². The Kier molecular flexibility index (Phi) is 7.67. The third-order valence-electron chi connectivity index (χ3n) is 4.79. The topological polar surface area (TPSA) is 61.8 Å². The molecule has 0 amide bonds. The van der Waals surface area contributed by atoms with Crippen LogP contribution < -0.4 is 20.3 Å². The summed E-state index contributed by atoms with van der Waals surface area (Å²) in [5.41, 5.74) is 0. The van der Waals surface area contributed by atoms with Crippen LogP contribution in [0.5, 0.6) is 5.75 Å². The van der Waals surface area contributed by atoms with Gasteiger partial charge in [-0.05, 0) is 51.0 Å². The van der Waals surface area contributed by atoms with Gasteiger partial charge in [-0.3, -0.25) is 0 Å². The van der Waals surface area contributed by atoms with Crippen LogP contribution in [0.25, 0.3) is 0 Å². The molecule has 156 valence electrons. The van der Waals surface area contributed by atoms with Crippen molar-refractivity contribution in [2.45, 2.75) is 38.8 Å². The van der Waals surface area contributed by atoms with Gasteiger partial charge in [0.05, 0.1) is 6.54 Å². The van der Waals surface area contributed by atoms with E-state index >= 15 is 0 Å². The fraction of sp³-hybridized carbons (Fsp3) is 0.455. The number of halogens is 1. The van der Waals surface area contributed by atoms with Crippen molar-refractivity contribution >= 4 is 11.8 Å². The molecule has 1 aliphatic rings. The van der Waals surface area contributed by atoms with Crippen molar-refractivity contribution in [3.05, 3.63) is 54.5 Å². The van der Waals surface area contributed by atoms with Crippen LogP contribution in [-0.4, -0.2) is 49.3 Å². The molecule has 1 aromatic carbocycles. The number of ether oxygens (including phenoxy) is 1. The van der Waals surface area contributed by atoms with Gasteiger partial charge in [0.1, 0.15) is 23.5 Å². The van der Waals surface area contributed by atoms with Crippen LogP contribution in [0.4, 0.5) is 10.2 Å². The van der Waals surface area contributed by atoms with Crippen LogP contribution in [0.15, 0.2) is 53.7 Å². The summed E-state index contributed by atoms with van der Waals surface area (Å²) in [6.07, 6.45) is 3.73. The van der Waals surface area contributed by atoms with E-state index in [-0.39, 0.29) is 11.9 Å². The lowest BCUT2D eigenvalue weighted by Gasteiger charge is -2.33. The lowest BCUT2D eigenvalue weighted by molar-refractivity contribution is 0.229. The van der Waals surface area contributed by atoms with E-state index in [4.69, 9.17) is 4.74 Å². The normalized spacial score (nSPS) is 16.4.